The number of nitrogens with one attached hydrogen (secondary N) is 4. The summed E-state index contributed by atoms with van der Waals surface area (Å²) >= 11 is 0. The van der Waals surface area contributed by atoms with Crippen molar-refractivity contribution < 1.29 is 34.2 Å². The van der Waals surface area contributed by atoms with Gasteiger partial charge in [-0.1, -0.05) is 59.2 Å². The maximum Gasteiger partial charge on any atom is 0.226 e. The highest BCUT2D eigenvalue weighted by Gasteiger charge is 2.35. The number of carbonyl (C=O) groups excluding carboxylic acids is 5. The number of fused-ring (bicyclic) bond motifs is 1. The number of hydrogen-bond acceptors (Lipinski definition) is 9. The van der Waals surface area contributed by atoms with Crippen LogP contribution in [0.5, 0.6) is 0 Å². The van der Waals surface area contributed by atoms with E-state index in [9.17, 15) is 34.2 Å². The van der Waals surface area contributed by atoms with Crippen molar-refractivity contribution >= 4 is 40.1 Å². The lowest BCUT2D eigenvalue weighted by Crippen LogP contribution is -2.51. The van der Waals surface area contributed by atoms with Gasteiger partial charge < -0.3 is 36.9 Å². The Morgan fingerprint density at radius 1 is 0.875 bits per heavy atom. The second-order valence-electron chi connectivity index (χ2n) is 13.4. The number of aliphatic hydroxyl groups is 2. The molecule has 12 heteroatoms. The monoisotopic (exact) mass is 671 g/mol. The molecule has 0 fully saturated rings. The number of amides is 2. The largest absolute Gasteiger partial charge is 0.396 e. The van der Waals surface area contributed by atoms with E-state index >= 15 is 0 Å². The first-order chi connectivity index (χ1) is 22.7. The van der Waals surface area contributed by atoms with E-state index in [2.05, 4.69) is 20.9 Å². The van der Waals surface area contributed by atoms with Crippen molar-refractivity contribution in [2.24, 2.45) is 23.5 Å². The number of carbonyl (C=O) groups is 5. The Morgan fingerprint density at radius 3 is 2.15 bits per heavy atom. The smallest absolute Gasteiger partial charge is 0.226 e. The van der Waals surface area contributed by atoms with E-state index in [1.807, 2.05) is 38.1 Å². The molecule has 2 rings (SSSR count). The van der Waals surface area contributed by atoms with Crippen molar-refractivity contribution in [3.63, 3.8) is 0 Å². The first-order valence-corrected chi connectivity index (χ1v) is 17.2. The Labute approximate surface area is 284 Å². The minimum absolute atomic E-state index is 0.0316. The van der Waals surface area contributed by atoms with Gasteiger partial charge in [-0.25, -0.2) is 0 Å². The highest BCUT2D eigenvalue weighted by molar-refractivity contribution is 5.96. The Morgan fingerprint density at radius 2 is 1.56 bits per heavy atom. The van der Waals surface area contributed by atoms with Crippen molar-refractivity contribution in [1.29, 1.82) is 0 Å². The van der Waals surface area contributed by atoms with Crippen LogP contribution in [0.3, 0.4) is 0 Å². The predicted octanol–water partition coefficient (Wildman–Crippen LogP) is 2.33. The molecule has 268 valence electrons. The van der Waals surface area contributed by atoms with E-state index in [-0.39, 0.29) is 36.9 Å². The maximum atomic E-state index is 13.6. The van der Waals surface area contributed by atoms with E-state index in [1.54, 1.807) is 27.0 Å². The second kappa shape index (κ2) is 20.2. The molecule has 0 spiro atoms. The van der Waals surface area contributed by atoms with E-state index in [0.717, 1.165) is 29.3 Å². The number of Topliss-reactive ketones (excluding diaryl/α,β-unsaturated/α-hetero) is 3. The summed E-state index contributed by atoms with van der Waals surface area (Å²) in [6, 6.07) is 5.26. The molecule has 1 aromatic carbocycles. The molecule has 0 saturated heterocycles. The highest BCUT2D eigenvalue weighted by Crippen LogP contribution is 2.21. The summed E-state index contributed by atoms with van der Waals surface area (Å²) in [5.41, 5.74) is 7.35. The fourth-order valence-corrected chi connectivity index (χ4v) is 5.86. The second-order valence-corrected chi connectivity index (χ2v) is 13.4. The van der Waals surface area contributed by atoms with Crippen LogP contribution >= 0.6 is 0 Å². The molecular formula is C36H57N5O7. The van der Waals surface area contributed by atoms with Crippen molar-refractivity contribution in [2.75, 3.05) is 13.2 Å². The molecule has 0 aliphatic carbocycles. The first kappa shape index (κ1) is 40.7. The zero-order chi connectivity index (χ0) is 36.0. The van der Waals surface area contributed by atoms with Gasteiger partial charge in [-0.3, -0.25) is 24.0 Å². The Hall–Kier alpha value is -3.45. The molecule has 8 N–H and O–H groups in total. The summed E-state index contributed by atoms with van der Waals surface area (Å²) < 4.78 is 0. The van der Waals surface area contributed by atoms with Gasteiger partial charge >= 0.3 is 0 Å². The van der Waals surface area contributed by atoms with Crippen molar-refractivity contribution in [2.45, 2.75) is 117 Å². The van der Waals surface area contributed by atoms with Crippen molar-refractivity contribution in [1.82, 2.24) is 20.9 Å². The number of ketones is 3. The van der Waals surface area contributed by atoms with Gasteiger partial charge in [0.25, 0.3) is 0 Å². The lowest BCUT2D eigenvalue weighted by molar-refractivity contribution is -0.138. The number of aromatic nitrogens is 1. The number of aromatic amines is 1. The summed E-state index contributed by atoms with van der Waals surface area (Å²) in [5.74, 6) is -4.82. The van der Waals surface area contributed by atoms with Crippen LogP contribution in [0.2, 0.25) is 0 Å². The van der Waals surface area contributed by atoms with Gasteiger partial charge in [0.05, 0.1) is 42.7 Å². The van der Waals surface area contributed by atoms with E-state index in [0.29, 0.717) is 13.0 Å². The predicted molar refractivity (Wildman–Crippen MR) is 186 cm³/mol. The van der Waals surface area contributed by atoms with Crippen molar-refractivity contribution in [3.8, 4) is 0 Å². The summed E-state index contributed by atoms with van der Waals surface area (Å²) in [6.45, 7) is 10.3. The van der Waals surface area contributed by atoms with E-state index in [1.165, 1.54) is 6.92 Å². The maximum absolute atomic E-state index is 13.6. The molecule has 2 amide bonds. The van der Waals surface area contributed by atoms with Crippen LogP contribution in [0, 0.1) is 17.8 Å². The number of H-pyrrole nitrogens is 1. The number of rotatable bonds is 23. The molecule has 2 aromatic rings. The van der Waals surface area contributed by atoms with Crippen LogP contribution in [0.25, 0.3) is 10.9 Å². The molecule has 0 unspecified atom stereocenters. The third-order valence-corrected chi connectivity index (χ3v) is 8.71. The minimum Gasteiger partial charge on any atom is -0.396 e. The van der Waals surface area contributed by atoms with Crippen LogP contribution in [0.1, 0.15) is 85.6 Å². The third kappa shape index (κ3) is 12.2. The zero-order valence-corrected chi connectivity index (χ0v) is 29.4. The third-order valence-electron chi connectivity index (χ3n) is 8.71. The molecule has 1 aromatic heterocycles. The number of aliphatic hydroxyl groups excluding tert-OH is 2. The molecule has 0 bridgehead atoms. The summed E-state index contributed by atoms with van der Waals surface area (Å²) in [7, 11) is 0. The van der Waals surface area contributed by atoms with Crippen LogP contribution in [-0.4, -0.2) is 87.8 Å². The lowest BCUT2D eigenvalue weighted by Gasteiger charge is -2.28. The molecule has 6 atom stereocenters. The summed E-state index contributed by atoms with van der Waals surface area (Å²) in [5, 5.41) is 30.3. The van der Waals surface area contributed by atoms with E-state index < -0.39 is 72.6 Å². The molecular weight excluding hydrogens is 614 g/mol. The SMILES string of the molecule is CCC(=O)[C@H](Cc1c[nH]c2ccccc12)NC(=O)[C@@H](CC(=O)[C@@H](NC(=O)[C@H](CO)CC(=O)[C@H](CCCCN)NC(C)C)C(C)C)[C@@H](C)O. The van der Waals surface area contributed by atoms with Gasteiger partial charge in [-0.15, -0.1) is 0 Å². The number of para-hydroxylation sites is 1. The summed E-state index contributed by atoms with van der Waals surface area (Å²) in [6.07, 6.45) is 2.44. The Bertz CT molecular complexity index is 1360. The summed E-state index contributed by atoms with van der Waals surface area (Å²) in [4.78, 5) is 69.7. The number of hydrogen-bond donors (Lipinski definition) is 7. The Kier molecular flexibility index (Phi) is 17.1. The Balaban J connectivity index is 2.15. The van der Waals surface area contributed by atoms with Gasteiger partial charge in [0, 0.05) is 48.8 Å². The fraction of sp³-hybridized carbons (Fsp3) is 0.639. The number of unbranched alkanes of at least 4 members (excludes halogenated alkanes) is 1. The molecule has 48 heavy (non-hydrogen) atoms. The topological polar surface area (TPSA) is 204 Å². The number of benzene rings is 1. The fourth-order valence-electron chi connectivity index (χ4n) is 5.86. The van der Waals surface area contributed by atoms with Gasteiger partial charge in [-0.2, -0.15) is 0 Å². The molecule has 0 aliphatic heterocycles. The highest BCUT2D eigenvalue weighted by atomic mass is 16.3. The quantitative estimate of drug-likeness (QED) is 0.0865. The van der Waals surface area contributed by atoms with Crippen molar-refractivity contribution in [3.05, 3.63) is 36.0 Å². The van der Waals surface area contributed by atoms with Crippen LogP contribution < -0.4 is 21.7 Å². The molecule has 0 saturated carbocycles. The molecule has 12 nitrogen and oxygen atoms in total. The molecule has 1 heterocycles. The van der Waals surface area contributed by atoms with Gasteiger partial charge in [-0.05, 0) is 43.9 Å². The van der Waals surface area contributed by atoms with Gasteiger partial charge in [0.2, 0.25) is 11.8 Å². The van der Waals surface area contributed by atoms with Gasteiger partial charge in [0.1, 0.15) is 0 Å². The van der Waals surface area contributed by atoms with Crippen LogP contribution in [0.4, 0.5) is 0 Å². The lowest BCUT2D eigenvalue weighted by atomic mass is 9.88. The first-order valence-electron chi connectivity index (χ1n) is 17.2. The van der Waals surface area contributed by atoms with Crippen LogP contribution in [0.15, 0.2) is 30.5 Å². The standard InChI is InChI=1S/C36H57N5O7/c1-7-31(44)30(16-24-19-38-28-13-9-8-12-26(24)28)40-36(48)27(23(6)43)18-33(46)34(21(2)3)41-35(47)25(20-42)17-32(45)29(39-22(4)5)14-10-11-15-37/h8-9,12-13,19,21-23,25,27,29-30,34,38-39,42-43H,7,10-11,14-18,20,37H2,1-6H3,(H,40,48)(H,41,47)/t23-,25+,27+,29+,30+,34+/m1/s1. The number of nitrogens with two attached hydrogens (primary N) is 1. The molecule has 0 radical (unpaired) electrons. The minimum atomic E-state index is -1.23. The van der Waals surface area contributed by atoms with Gasteiger partial charge in [0.15, 0.2) is 17.3 Å². The zero-order valence-electron chi connectivity index (χ0n) is 29.4. The van der Waals surface area contributed by atoms with Crippen LogP contribution in [-0.2, 0) is 30.4 Å². The van der Waals surface area contributed by atoms with E-state index in [4.69, 9.17) is 5.73 Å². The molecule has 0 aliphatic rings. The average molecular weight is 672 g/mol. The average Bonchev–Trinajstić information content (AvgIpc) is 3.45. The normalized spacial score (nSPS) is 15.5.